The molecule has 3 rings (SSSR count). The monoisotopic (exact) mass is 265 g/mol. The molecule has 0 heterocycles. The van der Waals surface area contributed by atoms with Gasteiger partial charge in [-0.1, -0.05) is 55.8 Å². The van der Waals surface area contributed by atoms with E-state index in [0.717, 1.165) is 36.0 Å². The summed E-state index contributed by atoms with van der Waals surface area (Å²) in [5, 5.41) is 0. The Labute approximate surface area is 119 Å². The zero-order valence-electron chi connectivity index (χ0n) is 11.7. The molecule has 0 radical (unpaired) electrons. The number of hydrogen-bond acceptors (Lipinski definition) is 1. The second-order valence-electron chi connectivity index (χ2n) is 5.40. The first-order valence-electron chi connectivity index (χ1n) is 7.24. The third kappa shape index (κ3) is 1.92. The van der Waals surface area contributed by atoms with Crippen LogP contribution in [0.15, 0.2) is 42.5 Å². The van der Waals surface area contributed by atoms with Crippen molar-refractivity contribution in [1.82, 2.24) is 0 Å². The zero-order valence-corrected chi connectivity index (χ0v) is 11.7. The Morgan fingerprint density at radius 1 is 1.10 bits per heavy atom. The number of carbonyl (C=O) groups is 1. The molecule has 1 amide bonds. The first-order chi connectivity index (χ1) is 9.74. The predicted octanol–water partition coefficient (Wildman–Crippen LogP) is 3.63. The Morgan fingerprint density at radius 2 is 1.85 bits per heavy atom. The van der Waals surface area contributed by atoms with Crippen molar-refractivity contribution in [3.05, 3.63) is 59.2 Å². The average Bonchev–Trinajstić information content (AvgIpc) is 2.80. The maximum absolute atomic E-state index is 12.0. The summed E-state index contributed by atoms with van der Waals surface area (Å²) in [6.45, 7) is 2.18. The number of hydrogen-bond donors (Lipinski definition) is 1. The summed E-state index contributed by atoms with van der Waals surface area (Å²) in [7, 11) is 0. The van der Waals surface area contributed by atoms with Crippen molar-refractivity contribution >= 4 is 5.91 Å². The minimum absolute atomic E-state index is 0.250. The van der Waals surface area contributed by atoms with E-state index in [9.17, 15) is 4.79 Å². The summed E-state index contributed by atoms with van der Waals surface area (Å²) < 4.78 is 0. The molecule has 20 heavy (non-hydrogen) atoms. The van der Waals surface area contributed by atoms with Gasteiger partial charge in [0.15, 0.2) is 0 Å². The summed E-state index contributed by atoms with van der Waals surface area (Å²) in [5.41, 5.74) is 11.5. The van der Waals surface area contributed by atoms with Crippen molar-refractivity contribution in [2.24, 2.45) is 5.73 Å². The molecule has 1 unspecified atom stereocenters. The minimum atomic E-state index is -0.283. The highest BCUT2D eigenvalue weighted by molar-refractivity contribution is 5.96. The van der Waals surface area contributed by atoms with Gasteiger partial charge in [-0.25, -0.2) is 0 Å². The lowest BCUT2D eigenvalue weighted by molar-refractivity contribution is -0.118. The lowest BCUT2D eigenvalue weighted by atomic mass is 9.90. The maximum Gasteiger partial charge on any atom is 0.229 e. The van der Waals surface area contributed by atoms with Crippen LogP contribution in [0.1, 0.15) is 42.4 Å². The number of carbonyl (C=O) groups excluding carboxylic acids is 1. The normalized spacial score (nSPS) is 15.8. The molecule has 2 nitrogen and oxygen atoms in total. The number of aryl methyl sites for hydroxylation is 1. The second-order valence-corrected chi connectivity index (χ2v) is 5.40. The van der Waals surface area contributed by atoms with Crippen LogP contribution < -0.4 is 5.73 Å². The van der Waals surface area contributed by atoms with Crippen molar-refractivity contribution in [1.29, 1.82) is 0 Å². The average molecular weight is 265 g/mol. The van der Waals surface area contributed by atoms with Crippen LogP contribution >= 0.6 is 0 Å². The topological polar surface area (TPSA) is 43.1 Å². The van der Waals surface area contributed by atoms with Crippen LogP contribution in [0.25, 0.3) is 11.1 Å². The fraction of sp³-hybridized carbons (Fsp3) is 0.278. The summed E-state index contributed by atoms with van der Waals surface area (Å²) in [6.07, 6.45) is 3.30. The molecule has 1 aliphatic carbocycles. The largest absolute Gasteiger partial charge is 0.369 e. The maximum atomic E-state index is 12.0. The molecule has 2 aromatic carbocycles. The Balaban J connectivity index is 2.19. The molecular formula is C18H19NO. The van der Waals surface area contributed by atoms with Crippen LogP contribution in [0.3, 0.4) is 0 Å². The van der Waals surface area contributed by atoms with Crippen molar-refractivity contribution in [2.45, 2.75) is 32.1 Å². The Bertz CT molecular complexity index is 660. The molecular weight excluding hydrogens is 246 g/mol. The van der Waals surface area contributed by atoms with Crippen molar-refractivity contribution in [3.63, 3.8) is 0 Å². The molecule has 2 N–H and O–H groups in total. The van der Waals surface area contributed by atoms with Crippen molar-refractivity contribution in [3.8, 4) is 11.1 Å². The van der Waals surface area contributed by atoms with Gasteiger partial charge in [0.2, 0.25) is 5.91 Å². The Morgan fingerprint density at radius 3 is 2.60 bits per heavy atom. The zero-order chi connectivity index (χ0) is 14.1. The number of fused-ring (bicyclic) bond motifs is 3. The molecule has 0 saturated heterocycles. The molecule has 2 heteroatoms. The van der Waals surface area contributed by atoms with Gasteiger partial charge in [0, 0.05) is 0 Å². The number of nitrogens with two attached hydrogens (primary N) is 1. The van der Waals surface area contributed by atoms with Gasteiger partial charge in [0.05, 0.1) is 5.92 Å². The highest BCUT2D eigenvalue weighted by Gasteiger charge is 2.33. The molecule has 102 valence electrons. The second kappa shape index (κ2) is 5.12. The van der Waals surface area contributed by atoms with Crippen LogP contribution in [0.5, 0.6) is 0 Å². The molecule has 0 fully saturated rings. The van der Waals surface area contributed by atoms with Crippen LogP contribution in [0.2, 0.25) is 0 Å². The van der Waals surface area contributed by atoms with Gasteiger partial charge in [-0.3, -0.25) is 4.79 Å². The van der Waals surface area contributed by atoms with E-state index in [1.807, 2.05) is 18.2 Å². The van der Waals surface area contributed by atoms with Crippen LogP contribution in [0, 0.1) is 0 Å². The first-order valence-corrected chi connectivity index (χ1v) is 7.24. The summed E-state index contributed by atoms with van der Waals surface area (Å²) in [6, 6.07) is 14.4. The van der Waals surface area contributed by atoms with Crippen molar-refractivity contribution < 1.29 is 4.79 Å². The lowest BCUT2D eigenvalue weighted by Crippen LogP contribution is -2.21. The Kier molecular flexibility index (Phi) is 3.31. The van der Waals surface area contributed by atoms with Crippen LogP contribution in [-0.2, 0) is 11.2 Å². The van der Waals surface area contributed by atoms with E-state index in [4.69, 9.17) is 5.73 Å². The highest BCUT2D eigenvalue weighted by Crippen LogP contribution is 2.46. The van der Waals surface area contributed by atoms with Gasteiger partial charge in [0.25, 0.3) is 0 Å². The molecule has 2 aromatic rings. The third-order valence-corrected chi connectivity index (χ3v) is 4.13. The fourth-order valence-electron chi connectivity index (χ4n) is 3.22. The molecule has 0 spiro atoms. The predicted molar refractivity (Wildman–Crippen MR) is 81.5 cm³/mol. The first kappa shape index (κ1) is 12.9. The van der Waals surface area contributed by atoms with Gasteiger partial charge in [-0.2, -0.15) is 0 Å². The lowest BCUT2D eigenvalue weighted by Gasteiger charge is -2.14. The van der Waals surface area contributed by atoms with E-state index in [2.05, 4.69) is 31.2 Å². The van der Waals surface area contributed by atoms with E-state index < -0.39 is 0 Å². The van der Waals surface area contributed by atoms with E-state index in [1.54, 1.807) is 0 Å². The number of amides is 1. The molecule has 0 aromatic heterocycles. The molecule has 1 aliphatic rings. The standard InChI is InChI=1S/C18H19NO/c1-2-3-7-12-8-6-11-14-13-9-4-5-10-15(13)17(16(12)14)18(19)20/h4-6,8-11,17H,2-3,7H2,1H3,(H2,19,20). The van der Waals surface area contributed by atoms with E-state index >= 15 is 0 Å². The van der Waals surface area contributed by atoms with Gasteiger partial charge >= 0.3 is 0 Å². The molecule has 1 atom stereocenters. The quantitative estimate of drug-likeness (QED) is 0.901. The number of benzene rings is 2. The highest BCUT2D eigenvalue weighted by atomic mass is 16.1. The molecule has 0 bridgehead atoms. The van der Waals surface area contributed by atoms with Crippen LogP contribution in [0.4, 0.5) is 0 Å². The Hall–Kier alpha value is -2.09. The van der Waals surface area contributed by atoms with E-state index in [1.165, 1.54) is 11.1 Å². The molecule has 0 aliphatic heterocycles. The molecule has 0 saturated carbocycles. The van der Waals surface area contributed by atoms with E-state index in [-0.39, 0.29) is 11.8 Å². The summed E-state index contributed by atoms with van der Waals surface area (Å²) in [4.78, 5) is 12.0. The summed E-state index contributed by atoms with van der Waals surface area (Å²) in [5.74, 6) is -0.533. The third-order valence-electron chi connectivity index (χ3n) is 4.13. The number of rotatable bonds is 4. The minimum Gasteiger partial charge on any atom is -0.369 e. The van der Waals surface area contributed by atoms with Crippen LogP contribution in [-0.4, -0.2) is 5.91 Å². The number of primary amides is 1. The van der Waals surface area contributed by atoms with Crippen molar-refractivity contribution in [2.75, 3.05) is 0 Å². The number of unbranched alkanes of at least 4 members (excludes halogenated alkanes) is 1. The smallest absolute Gasteiger partial charge is 0.229 e. The van der Waals surface area contributed by atoms with Gasteiger partial charge < -0.3 is 5.73 Å². The fourth-order valence-corrected chi connectivity index (χ4v) is 3.22. The summed E-state index contributed by atoms with van der Waals surface area (Å²) >= 11 is 0. The van der Waals surface area contributed by atoms with Gasteiger partial charge in [-0.05, 0) is 40.7 Å². The van der Waals surface area contributed by atoms with Gasteiger partial charge in [0.1, 0.15) is 0 Å². The van der Waals surface area contributed by atoms with E-state index in [0.29, 0.717) is 0 Å². The SMILES string of the molecule is CCCCc1cccc2c1C(C(N)=O)c1ccccc1-2. The van der Waals surface area contributed by atoms with Gasteiger partial charge in [-0.15, -0.1) is 0 Å².